The molecule has 0 heterocycles. The molecule has 1 atom stereocenters. The number of anilines is 1. The third-order valence-corrected chi connectivity index (χ3v) is 3.34. The van der Waals surface area contributed by atoms with Crippen LogP contribution in [0.15, 0.2) is 24.3 Å². The molecule has 1 aromatic carbocycles. The fourth-order valence-electron chi connectivity index (χ4n) is 2.67. The highest BCUT2D eigenvalue weighted by atomic mass is 19.1. The van der Waals surface area contributed by atoms with Crippen LogP contribution in [0, 0.1) is 11.2 Å². The summed E-state index contributed by atoms with van der Waals surface area (Å²) in [6.07, 6.45) is 2.27. The summed E-state index contributed by atoms with van der Waals surface area (Å²) in [6, 6.07) is 6.96. The second kappa shape index (κ2) is 6.74. The van der Waals surface area contributed by atoms with Gasteiger partial charge in [0.25, 0.3) is 0 Å². The van der Waals surface area contributed by atoms with Crippen LogP contribution in [0.2, 0.25) is 0 Å². The second-order valence-electron chi connectivity index (χ2n) is 5.40. The number of para-hydroxylation sites is 1. The molecular formula is C15H25FN2. The number of nitrogens with zero attached hydrogens (tertiary/aromatic N) is 1. The Labute approximate surface area is 110 Å². The molecule has 102 valence electrons. The quantitative estimate of drug-likeness (QED) is 0.801. The fourth-order valence-corrected chi connectivity index (χ4v) is 2.67. The van der Waals surface area contributed by atoms with Crippen molar-refractivity contribution in [3.05, 3.63) is 30.1 Å². The van der Waals surface area contributed by atoms with Gasteiger partial charge in [0.1, 0.15) is 5.82 Å². The van der Waals surface area contributed by atoms with E-state index in [4.69, 9.17) is 0 Å². The predicted octanol–water partition coefficient (Wildman–Crippen LogP) is 3.29. The van der Waals surface area contributed by atoms with Gasteiger partial charge in [-0.1, -0.05) is 32.4 Å². The number of nitrogens with one attached hydrogen (secondary N) is 1. The summed E-state index contributed by atoms with van der Waals surface area (Å²) in [6.45, 7) is 6.24. The van der Waals surface area contributed by atoms with E-state index in [-0.39, 0.29) is 11.2 Å². The van der Waals surface area contributed by atoms with Gasteiger partial charge in [-0.2, -0.15) is 0 Å². The molecule has 0 saturated carbocycles. The van der Waals surface area contributed by atoms with Gasteiger partial charge in [0, 0.05) is 20.1 Å². The van der Waals surface area contributed by atoms with Gasteiger partial charge in [-0.25, -0.2) is 4.39 Å². The summed E-state index contributed by atoms with van der Waals surface area (Å²) in [4.78, 5) is 2.02. The third-order valence-electron chi connectivity index (χ3n) is 3.34. The minimum Gasteiger partial charge on any atom is -0.372 e. The Kier molecular flexibility index (Phi) is 5.60. The molecule has 0 spiro atoms. The fraction of sp³-hybridized carbons (Fsp3) is 0.600. The maximum atomic E-state index is 13.7. The van der Waals surface area contributed by atoms with Gasteiger partial charge in [-0.15, -0.1) is 0 Å². The molecular weight excluding hydrogens is 227 g/mol. The Morgan fingerprint density at radius 1 is 1.33 bits per heavy atom. The molecule has 1 aromatic rings. The third kappa shape index (κ3) is 3.98. The maximum Gasteiger partial charge on any atom is 0.146 e. The average Bonchev–Trinajstić information content (AvgIpc) is 2.29. The van der Waals surface area contributed by atoms with E-state index in [2.05, 4.69) is 19.2 Å². The van der Waals surface area contributed by atoms with Crippen molar-refractivity contribution in [3.63, 3.8) is 0 Å². The van der Waals surface area contributed by atoms with Crippen molar-refractivity contribution in [1.82, 2.24) is 5.32 Å². The Balaban J connectivity index is 2.78. The first kappa shape index (κ1) is 15.0. The van der Waals surface area contributed by atoms with Crippen molar-refractivity contribution in [1.29, 1.82) is 0 Å². The molecule has 2 nitrogen and oxygen atoms in total. The lowest BCUT2D eigenvalue weighted by Gasteiger charge is -2.35. The van der Waals surface area contributed by atoms with Crippen LogP contribution in [-0.4, -0.2) is 27.2 Å². The number of hydrogen-bond acceptors (Lipinski definition) is 2. The van der Waals surface area contributed by atoms with Gasteiger partial charge in [-0.05, 0) is 31.0 Å². The molecule has 1 unspecified atom stereocenters. The molecule has 0 aliphatic carbocycles. The number of halogens is 1. The van der Waals surface area contributed by atoms with Crippen LogP contribution >= 0.6 is 0 Å². The summed E-state index contributed by atoms with van der Waals surface area (Å²) < 4.78 is 13.7. The van der Waals surface area contributed by atoms with Crippen LogP contribution in [0.4, 0.5) is 10.1 Å². The average molecular weight is 252 g/mol. The Hall–Kier alpha value is -1.09. The van der Waals surface area contributed by atoms with Crippen molar-refractivity contribution >= 4 is 5.69 Å². The van der Waals surface area contributed by atoms with Crippen LogP contribution in [-0.2, 0) is 0 Å². The highest BCUT2D eigenvalue weighted by Gasteiger charge is 2.25. The van der Waals surface area contributed by atoms with Gasteiger partial charge >= 0.3 is 0 Å². The molecule has 18 heavy (non-hydrogen) atoms. The van der Waals surface area contributed by atoms with Crippen LogP contribution in [0.25, 0.3) is 0 Å². The molecule has 0 radical (unpaired) electrons. The smallest absolute Gasteiger partial charge is 0.146 e. The Morgan fingerprint density at radius 3 is 2.56 bits per heavy atom. The lowest BCUT2D eigenvalue weighted by atomic mass is 9.85. The van der Waals surface area contributed by atoms with Gasteiger partial charge in [0.15, 0.2) is 0 Å². The van der Waals surface area contributed by atoms with Crippen LogP contribution in [0.5, 0.6) is 0 Å². The van der Waals surface area contributed by atoms with Gasteiger partial charge in [0.2, 0.25) is 0 Å². The highest BCUT2D eigenvalue weighted by Crippen LogP contribution is 2.27. The summed E-state index contributed by atoms with van der Waals surface area (Å²) in [7, 11) is 3.93. The van der Waals surface area contributed by atoms with Crippen molar-refractivity contribution < 1.29 is 4.39 Å². The first-order valence-corrected chi connectivity index (χ1v) is 6.62. The van der Waals surface area contributed by atoms with Crippen molar-refractivity contribution in [2.75, 3.05) is 32.1 Å². The summed E-state index contributed by atoms with van der Waals surface area (Å²) >= 11 is 0. The molecule has 0 amide bonds. The zero-order chi connectivity index (χ0) is 13.6. The van der Waals surface area contributed by atoms with Crippen molar-refractivity contribution in [3.8, 4) is 0 Å². The van der Waals surface area contributed by atoms with E-state index in [1.54, 1.807) is 6.07 Å². The minimum absolute atomic E-state index is 0.150. The summed E-state index contributed by atoms with van der Waals surface area (Å²) in [5.41, 5.74) is 0.844. The highest BCUT2D eigenvalue weighted by molar-refractivity contribution is 5.46. The molecule has 0 aliphatic rings. The Morgan fingerprint density at radius 2 is 2.00 bits per heavy atom. The van der Waals surface area contributed by atoms with Crippen LogP contribution in [0.3, 0.4) is 0 Å². The molecule has 0 saturated heterocycles. The second-order valence-corrected chi connectivity index (χ2v) is 5.40. The first-order chi connectivity index (χ1) is 8.52. The summed E-state index contributed by atoms with van der Waals surface area (Å²) in [5, 5.41) is 3.24. The van der Waals surface area contributed by atoms with E-state index in [0.717, 1.165) is 25.9 Å². The lowest BCUT2D eigenvalue weighted by molar-refractivity contribution is 0.291. The number of hydrogen-bond donors (Lipinski definition) is 1. The zero-order valence-corrected chi connectivity index (χ0v) is 12.0. The minimum atomic E-state index is -0.150. The molecule has 3 heteroatoms. The van der Waals surface area contributed by atoms with Crippen molar-refractivity contribution in [2.45, 2.75) is 26.7 Å². The van der Waals surface area contributed by atoms with Gasteiger partial charge in [-0.3, -0.25) is 0 Å². The lowest BCUT2D eigenvalue weighted by Crippen LogP contribution is -2.40. The molecule has 1 rings (SSSR count). The van der Waals surface area contributed by atoms with Crippen LogP contribution < -0.4 is 10.2 Å². The van der Waals surface area contributed by atoms with Gasteiger partial charge < -0.3 is 10.2 Å². The topological polar surface area (TPSA) is 15.3 Å². The standard InChI is InChI=1S/C15H25FN2/c1-5-10-15(2,11-17-3)12-18(4)14-9-7-6-8-13(14)16/h6-9,17H,5,10-12H2,1-4H3. The molecule has 0 aromatic heterocycles. The van der Waals surface area contributed by atoms with Gasteiger partial charge in [0.05, 0.1) is 5.69 Å². The zero-order valence-electron chi connectivity index (χ0n) is 12.0. The van der Waals surface area contributed by atoms with E-state index >= 15 is 0 Å². The monoisotopic (exact) mass is 252 g/mol. The SMILES string of the molecule is CCCC(C)(CNC)CN(C)c1ccccc1F. The number of rotatable bonds is 7. The summed E-state index contributed by atoms with van der Waals surface area (Å²) in [5.74, 6) is -0.150. The van der Waals surface area contributed by atoms with E-state index < -0.39 is 0 Å². The van der Waals surface area contributed by atoms with E-state index in [1.165, 1.54) is 6.07 Å². The largest absolute Gasteiger partial charge is 0.372 e. The van der Waals surface area contributed by atoms with E-state index in [9.17, 15) is 4.39 Å². The molecule has 0 fully saturated rings. The maximum absolute atomic E-state index is 13.7. The Bertz CT molecular complexity index is 359. The van der Waals surface area contributed by atoms with E-state index in [1.807, 2.05) is 31.1 Å². The first-order valence-electron chi connectivity index (χ1n) is 6.62. The predicted molar refractivity (Wildman–Crippen MR) is 76.6 cm³/mol. The molecule has 1 N–H and O–H groups in total. The molecule has 0 aliphatic heterocycles. The van der Waals surface area contributed by atoms with Crippen molar-refractivity contribution in [2.24, 2.45) is 5.41 Å². The normalized spacial score (nSPS) is 14.3. The van der Waals surface area contributed by atoms with E-state index in [0.29, 0.717) is 5.69 Å². The molecule has 0 bridgehead atoms. The number of benzene rings is 1. The van der Waals surface area contributed by atoms with Crippen LogP contribution in [0.1, 0.15) is 26.7 Å².